The van der Waals surface area contributed by atoms with Crippen molar-refractivity contribution in [2.45, 2.75) is 6.18 Å². The third kappa shape index (κ3) is 2.94. The van der Waals surface area contributed by atoms with Gasteiger partial charge in [-0.05, 0) is 12.1 Å². The molecule has 2 heterocycles. The summed E-state index contributed by atoms with van der Waals surface area (Å²) in [5.41, 5.74) is -0.575. The average molecular weight is 326 g/mol. The van der Waals surface area contributed by atoms with Crippen LogP contribution in [-0.2, 0) is 15.7 Å². The highest BCUT2D eigenvalue weighted by Crippen LogP contribution is 2.32. The van der Waals surface area contributed by atoms with Gasteiger partial charge in [-0.1, -0.05) is 6.07 Å². The second kappa shape index (κ2) is 5.69. The third-order valence-electron chi connectivity index (χ3n) is 3.75. The van der Waals surface area contributed by atoms with Gasteiger partial charge in [0, 0.05) is 30.2 Å². The number of ether oxygens (including phenoxy) is 1. The maximum Gasteiger partial charge on any atom is 0.416 e. The largest absolute Gasteiger partial charge is 0.416 e. The lowest BCUT2D eigenvalue weighted by atomic mass is 10.1. The van der Waals surface area contributed by atoms with Crippen LogP contribution in [0.2, 0.25) is 0 Å². The van der Waals surface area contributed by atoms with E-state index in [1.54, 1.807) is 0 Å². The summed E-state index contributed by atoms with van der Waals surface area (Å²) < 4.78 is 43.2. The van der Waals surface area contributed by atoms with Gasteiger partial charge in [-0.3, -0.25) is 9.59 Å². The Morgan fingerprint density at radius 1 is 1.17 bits per heavy atom. The Morgan fingerprint density at radius 3 is 2.52 bits per heavy atom. The number of nitrogens with one attached hydrogen (secondary N) is 1. The molecule has 1 aromatic carbocycles. The summed E-state index contributed by atoms with van der Waals surface area (Å²) >= 11 is 0. The number of alkyl halides is 3. The first kappa shape index (κ1) is 15.5. The number of benzene rings is 1. The lowest BCUT2D eigenvalue weighted by Crippen LogP contribution is -2.44. The molecule has 1 aliphatic heterocycles. The number of hydrogen-bond donors (Lipinski definition) is 1. The molecule has 0 radical (unpaired) electrons. The van der Waals surface area contributed by atoms with Gasteiger partial charge in [0.05, 0.1) is 24.3 Å². The Bertz CT molecular complexity index is 761. The van der Waals surface area contributed by atoms with Crippen molar-refractivity contribution < 1.29 is 27.5 Å². The zero-order valence-corrected chi connectivity index (χ0v) is 11.9. The van der Waals surface area contributed by atoms with E-state index in [2.05, 4.69) is 4.98 Å². The van der Waals surface area contributed by atoms with Crippen molar-refractivity contribution in [3.8, 4) is 0 Å². The van der Waals surface area contributed by atoms with Crippen molar-refractivity contribution in [3.63, 3.8) is 0 Å². The summed E-state index contributed by atoms with van der Waals surface area (Å²) in [5.74, 6) is -1.41. The van der Waals surface area contributed by atoms with E-state index in [-0.39, 0.29) is 11.1 Å². The van der Waals surface area contributed by atoms with E-state index in [4.69, 9.17) is 4.74 Å². The van der Waals surface area contributed by atoms with Crippen molar-refractivity contribution in [1.29, 1.82) is 0 Å². The maximum atomic E-state index is 12.7. The van der Waals surface area contributed by atoms with Crippen molar-refractivity contribution in [2.24, 2.45) is 0 Å². The molecule has 0 bridgehead atoms. The first-order chi connectivity index (χ1) is 10.9. The Hall–Kier alpha value is -2.35. The van der Waals surface area contributed by atoms with Gasteiger partial charge in [-0.25, -0.2) is 0 Å². The zero-order valence-electron chi connectivity index (χ0n) is 11.9. The van der Waals surface area contributed by atoms with E-state index >= 15 is 0 Å². The first-order valence-corrected chi connectivity index (χ1v) is 6.97. The minimum Gasteiger partial charge on any atom is -0.378 e. The fraction of sp³-hybridized carbons (Fsp3) is 0.333. The number of nitrogens with zero attached hydrogens (tertiary/aromatic N) is 1. The standard InChI is InChI=1S/C15H13F3N2O3/c16-15(17,18)9-1-2-10-11(8-19-12(10)7-9)13(21)14(22)20-3-5-23-6-4-20/h1-2,7-8,19H,3-6H2. The Balaban J connectivity index is 1.90. The van der Waals surface area contributed by atoms with Crippen molar-refractivity contribution in [2.75, 3.05) is 26.3 Å². The minimum atomic E-state index is -4.47. The lowest BCUT2D eigenvalue weighted by Gasteiger charge is -2.25. The number of rotatable bonds is 2. The highest BCUT2D eigenvalue weighted by molar-refractivity contribution is 6.44. The van der Waals surface area contributed by atoms with Crippen LogP contribution in [0.15, 0.2) is 24.4 Å². The van der Waals surface area contributed by atoms with Gasteiger partial charge < -0.3 is 14.6 Å². The smallest absolute Gasteiger partial charge is 0.378 e. The summed E-state index contributed by atoms with van der Waals surface area (Å²) in [7, 11) is 0. The average Bonchev–Trinajstić information content (AvgIpc) is 2.96. The van der Waals surface area contributed by atoms with Crippen LogP contribution in [0.5, 0.6) is 0 Å². The molecule has 0 aliphatic carbocycles. The van der Waals surface area contributed by atoms with Crippen molar-refractivity contribution >= 4 is 22.6 Å². The molecule has 2 aromatic rings. The number of aromatic amines is 1. The Morgan fingerprint density at radius 2 is 1.87 bits per heavy atom. The normalized spacial score (nSPS) is 15.9. The number of carbonyl (C=O) groups is 2. The molecular weight excluding hydrogens is 313 g/mol. The molecule has 23 heavy (non-hydrogen) atoms. The highest BCUT2D eigenvalue weighted by atomic mass is 19.4. The fourth-order valence-electron chi connectivity index (χ4n) is 2.52. The Kier molecular flexibility index (Phi) is 3.85. The van der Waals surface area contributed by atoms with Crippen LogP contribution < -0.4 is 0 Å². The van der Waals surface area contributed by atoms with E-state index in [0.717, 1.165) is 12.1 Å². The number of amides is 1. The van der Waals surface area contributed by atoms with Gasteiger partial charge in [0.15, 0.2) is 0 Å². The molecule has 3 rings (SSSR count). The molecule has 1 aliphatic rings. The van der Waals surface area contributed by atoms with Gasteiger partial charge in [0.25, 0.3) is 11.7 Å². The van der Waals surface area contributed by atoms with Crippen LogP contribution in [0.25, 0.3) is 10.9 Å². The molecule has 0 atom stereocenters. The van der Waals surface area contributed by atoms with Crippen LogP contribution in [0.4, 0.5) is 13.2 Å². The molecule has 1 N–H and O–H groups in total. The molecule has 8 heteroatoms. The van der Waals surface area contributed by atoms with Crippen molar-refractivity contribution in [3.05, 3.63) is 35.5 Å². The number of H-pyrrole nitrogens is 1. The lowest BCUT2D eigenvalue weighted by molar-refractivity contribution is -0.137. The molecule has 0 saturated carbocycles. The van der Waals surface area contributed by atoms with E-state index in [1.807, 2.05) is 0 Å². The molecule has 1 saturated heterocycles. The van der Waals surface area contributed by atoms with Gasteiger partial charge in [-0.2, -0.15) is 13.2 Å². The number of halogens is 3. The van der Waals surface area contributed by atoms with E-state index in [1.165, 1.54) is 17.2 Å². The van der Waals surface area contributed by atoms with Crippen LogP contribution in [-0.4, -0.2) is 47.9 Å². The molecule has 1 aromatic heterocycles. The molecular formula is C15H13F3N2O3. The van der Waals surface area contributed by atoms with Gasteiger partial charge in [-0.15, -0.1) is 0 Å². The van der Waals surface area contributed by atoms with E-state index in [9.17, 15) is 22.8 Å². The predicted molar refractivity (Wildman–Crippen MR) is 75.0 cm³/mol. The van der Waals surface area contributed by atoms with Gasteiger partial charge in [0.2, 0.25) is 0 Å². The zero-order chi connectivity index (χ0) is 16.6. The number of carbonyl (C=O) groups excluding carboxylic acids is 2. The van der Waals surface area contributed by atoms with E-state index < -0.39 is 23.4 Å². The molecule has 0 spiro atoms. The molecule has 5 nitrogen and oxygen atoms in total. The SMILES string of the molecule is O=C(C(=O)N1CCOCC1)c1c[nH]c2cc(C(F)(F)F)ccc12. The van der Waals surface area contributed by atoms with Crippen LogP contribution >= 0.6 is 0 Å². The van der Waals surface area contributed by atoms with Gasteiger partial charge >= 0.3 is 6.18 Å². The number of ketones is 1. The van der Waals surface area contributed by atoms with Gasteiger partial charge in [0.1, 0.15) is 0 Å². The topological polar surface area (TPSA) is 62.4 Å². The first-order valence-electron chi connectivity index (χ1n) is 6.97. The fourth-order valence-corrected chi connectivity index (χ4v) is 2.52. The summed E-state index contributed by atoms with van der Waals surface area (Å²) in [6.07, 6.45) is -3.20. The van der Waals surface area contributed by atoms with Crippen LogP contribution in [0.1, 0.15) is 15.9 Å². The van der Waals surface area contributed by atoms with Crippen molar-refractivity contribution in [1.82, 2.24) is 9.88 Å². The quantitative estimate of drug-likeness (QED) is 0.680. The number of aromatic nitrogens is 1. The molecule has 122 valence electrons. The second-order valence-corrected chi connectivity index (χ2v) is 5.19. The van der Waals surface area contributed by atoms with Crippen LogP contribution in [0, 0.1) is 0 Å². The number of fused-ring (bicyclic) bond motifs is 1. The number of morpholine rings is 1. The third-order valence-corrected chi connectivity index (χ3v) is 3.75. The molecule has 1 amide bonds. The Labute approximate surface area is 129 Å². The summed E-state index contributed by atoms with van der Waals surface area (Å²) in [4.78, 5) is 28.5. The number of Topliss-reactive ketones (excluding diaryl/α,β-unsaturated/α-hetero) is 1. The predicted octanol–water partition coefficient (Wildman–Crippen LogP) is 2.23. The maximum absolute atomic E-state index is 12.7. The highest BCUT2D eigenvalue weighted by Gasteiger charge is 2.32. The summed E-state index contributed by atoms with van der Waals surface area (Å²) in [6, 6.07) is 3.02. The summed E-state index contributed by atoms with van der Waals surface area (Å²) in [5, 5.41) is 0.296. The van der Waals surface area contributed by atoms with Crippen LogP contribution in [0.3, 0.4) is 0 Å². The molecule has 0 unspecified atom stereocenters. The summed E-state index contributed by atoms with van der Waals surface area (Å²) in [6.45, 7) is 1.37. The molecule has 1 fully saturated rings. The minimum absolute atomic E-state index is 0.0743. The number of hydrogen-bond acceptors (Lipinski definition) is 3. The van der Waals surface area contributed by atoms with E-state index in [0.29, 0.717) is 31.7 Å². The monoisotopic (exact) mass is 326 g/mol. The second-order valence-electron chi connectivity index (χ2n) is 5.19.